The number of ketones is 1. The van der Waals surface area contributed by atoms with Gasteiger partial charge in [0.15, 0.2) is 11.7 Å². The Kier molecular flexibility index (Phi) is 3.03. The molecule has 0 atom stereocenters. The van der Waals surface area contributed by atoms with E-state index in [1.165, 1.54) is 6.26 Å². The number of aromatic nitrogens is 1. The first-order valence-electron chi connectivity index (χ1n) is 3.69. The van der Waals surface area contributed by atoms with Gasteiger partial charge in [0, 0.05) is 5.92 Å². The van der Waals surface area contributed by atoms with E-state index in [0.717, 1.165) is 0 Å². The normalized spacial score (nSPS) is 10.7. The second-order valence-electron chi connectivity index (χ2n) is 2.78. The van der Waals surface area contributed by atoms with E-state index in [1.54, 1.807) is 0 Å². The molecule has 66 valence electrons. The summed E-state index contributed by atoms with van der Waals surface area (Å²) in [5, 5.41) is 0.289. The number of rotatable bonds is 3. The topological polar surface area (TPSA) is 43.1 Å². The Morgan fingerprint density at radius 1 is 1.75 bits per heavy atom. The molecule has 1 rings (SSSR count). The van der Waals surface area contributed by atoms with Crippen LogP contribution in [0, 0.1) is 0 Å². The van der Waals surface area contributed by atoms with Crippen molar-refractivity contribution in [2.45, 2.75) is 19.8 Å². The maximum absolute atomic E-state index is 11.1. The first kappa shape index (κ1) is 9.45. The lowest BCUT2D eigenvalue weighted by atomic mass is 10.2. The summed E-state index contributed by atoms with van der Waals surface area (Å²) in [6.07, 6.45) is 1.40. The highest BCUT2D eigenvalue weighted by Gasteiger charge is 2.12. The number of nitrogens with zero attached hydrogens (tertiary/aromatic N) is 1. The summed E-state index contributed by atoms with van der Waals surface area (Å²) in [7, 11) is 0. The molecule has 1 aromatic rings. The Bertz CT molecular complexity index is 280. The van der Waals surface area contributed by atoms with Crippen LogP contribution < -0.4 is 0 Å². The number of halogens is 1. The van der Waals surface area contributed by atoms with E-state index in [2.05, 4.69) is 20.9 Å². The molecule has 1 heterocycles. The van der Waals surface area contributed by atoms with E-state index in [0.29, 0.717) is 11.6 Å². The van der Waals surface area contributed by atoms with Crippen LogP contribution in [0.25, 0.3) is 0 Å². The van der Waals surface area contributed by atoms with Crippen LogP contribution in [0.5, 0.6) is 0 Å². The standard InChI is InChI=1S/C8H10BrNO2/c1-5(2)8-10-6(4-12-8)7(11)3-9/h4-5H,3H2,1-2H3. The zero-order chi connectivity index (χ0) is 9.14. The molecule has 0 unspecified atom stereocenters. The minimum atomic E-state index is -0.0503. The molecule has 0 N–H and O–H groups in total. The maximum atomic E-state index is 11.1. The minimum absolute atomic E-state index is 0.0503. The molecule has 0 aliphatic rings. The molecule has 0 amide bonds. The van der Waals surface area contributed by atoms with Crippen molar-refractivity contribution in [3.05, 3.63) is 17.8 Å². The van der Waals surface area contributed by atoms with Gasteiger partial charge in [-0.3, -0.25) is 4.79 Å². The van der Waals surface area contributed by atoms with Crippen molar-refractivity contribution in [2.24, 2.45) is 0 Å². The Hall–Kier alpha value is -0.640. The molecule has 0 spiro atoms. The molecule has 0 aromatic carbocycles. The van der Waals surface area contributed by atoms with Crippen molar-refractivity contribution in [1.82, 2.24) is 4.98 Å². The van der Waals surface area contributed by atoms with Crippen molar-refractivity contribution < 1.29 is 9.21 Å². The number of carbonyl (C=O) groups excluding carboxylic acids is 1. The highest BCUT2D eigenvalue weighted by atomic mass is 79.9. The molecule has 4 heteroatoms. The van der Waals surface area contributed by atoms with E-state index in [1.807, 2.05) is 13.8 Å². The molecular formula is C8H10BrNO2. The fourth-order valence-electron chi connectivity index (χ4n) is 0.749. The van der Waals surface area contributed by atoms with Crippen LogP contribution in [0.1, 0.15) is 36.1 Å². The van der Waals surface area contributed by atoms with Gasteiger partial charge in [-0.2, -0.15) is 0 Å². The molecule has 1 aromatic heterocycles. The Balaban J connectivity index is 2.84. The van der Waals surface area contributed by atoms with Crippen LogP contribution in [0.2, 0.25) is 0 Å². The van der Waals surface area contributed by atoms with Crippen molar-refractivity contribution in [1.29, 1.82) is 0 Å². The van der Waals surface area contributed by atoms with Gasteiger partial charge in [-0.15, -0.1) is 0 Å². The lowest BCUT2D eigenvalue weighted by molar-refractivity contribution is 0.101. The van der Waals surface area contributed by atoms with E-state index < -0.39 is 0 Å². The van der Waals surface area contributed by atoms with E-state index in [9.17, 15) is 4.79 Å². The molecular weight excluding hydrogens is 222 g/mol. The Morgan fingerprint density at radius 3 is 2.83 bits per heavy atom. The van der Waals surface area contributed by atoms with Gasteiger partial charge in [-0.1, -0.05) is 29.8 Å². The van der Waals surface area contributed by atoms with Crippen molar-refractivity contribution in [3.63, 3.8) is 0 Å². The van der Waals surface area contributed by atoms with Crippen LogP contribution in [-0.2, 0) is 0 Å². The fourth-order valence-corrected chi connectivity index (χ4v) is 1.04. The molecule has 0 fully saturated rings. The minimum Gasteiger partial charge on any atom is -0.448 e. The van der Waals surface area contributed by atoms with Gasteiger partial charge in [0.1, 0.15) is 12.0 Å². The predicted octanol–water partition coefficient (Wildman–Crippen LogP) is 2.38. The quantitative estimate of drug-likeness (QED) is 0.593. The molecule has 0 radical (unpaired) electrons. The highest BCUT2D eigenvalue weighted by molar-refractivity contribution is 9.09. The second-order valence-corrected chi connectivity index (χ2v) is 3.34. The lowest BCUT2D eigenvalue weighted by Crippen LogP contribution is -2.00. The van der Waals surface area contributed by atoms with Gasteiger partial charge in [0.2, 0.25) is 0 Å². The molecule has 0 bridgehead atoms. The average molecular weight is 232 g/mol. The van der Waals surface area contributed by atoms with Crippen LogP contribution >= 0.6 is 15.9 Å². The first-order valence-corrected chi connectivity index (χ1v) is 4.82. The largest absolute Gasteiger partial charge is 0.448 e. The number of hydrogen-bond acceptors (Lipinski definition) is 3. The summed E-state index contributed by atoms with van der Waals surface area (Å²) in [4.78, 5) is 15.1. The number of alkyl halides is 1. The smallest absolute Gasteiger partial charge is 0.197 e. The molecule has 0 saturated carbocycles. The third kappa shape index (κ3) is 1.94. The molecule has 0 aliphatic heterocycles. The van der Waals surface area contributed by atoms with Crippen LogP contribution in [0.4, 0.5) is 0 Å². The summed E-state index contributed by atoms with van der Waals surface area (Å²) in [6, 6.07) is 0. The van der Waals surface area contributed by atoms with Crippen molar-refractivity contribution in [2.75, 3.05) is 5.33 Å². The van der Waals surface area contributed by atoms with Gasteiger partial charge in [0.25, 0.3) is 0 Å². The van der Waals surface area contributed by atoms with E-state index in [4.69, 9.17) is 4.42 Å². The number of carbonyl (C=O) groups is 1. The van der Waals surface area contributed by atoms with Gasteiger partial charge >= 0.3 is 0 Å². The summed E-state index contributed by atoms with van der Waals surface area (Å²) in [6.45, 7) is 3.93. The lowest BCUT2D eigenvalue weighted by Gasteiger charge is -1.93. The summed E-state index contributed by atoms with van der Waals surface area (Å²) in [5.41, 5.74) is 0.399. The van der Waals surface area contributed by atoms with Gasteiger partial charge in [-0.05, 0) is 0 Å². The van der Waals surface area contributed by atoms with Gasteiger partial charge < -0.3 is 4.42 Å². The maximum Gasteiger partial charge on any atom is 0.197 e. The average Bonchev–Trinajstić information content (AvgIpc) is 2.51. The number of hydrogen-bond donors (Lipinski definition) is 0. The SMILES string of the molecule is CC(C)c1nc(C(=O)CBr)co1. The zero-order valence-corrected chi connectivity index (χ0v) is 8.59. The summed E-state index contributed by atoms with van der Waals surface area (Å²) in [5.74, 6) is 0.784. The van der Waals surface area contributed by atoms with Crippen LogP contribution in [-0.4, -0.2) is 16.1 Å². The zero-order valence-electron chi connectivity index (χ0n) is 7.00. The van der Waals surface area contributed by atoms with Gasteiger partial charge in [0.05, 0.1) is 5.33 Å². The fraction of sp³-hybridized carbons (Fsp3) is 0.500. The van der Waals surface area contributed by atoms with Crippen LogP contribution in [0.15, 0.2) is 10.7 Å². The predicted molar refractivity (Wildman–Crippen MR) is 48.7 cm³/mol. The molecule has 0 saturated heterocycles. The van der Waals surface area contributed by atoms with Gasteiger partial charge in [-0.25, -0.2) is 4.98 Å². The molecule has 12 heavy (non-hydrogen) atoms. The van der Waals surface area contributed by atoms with E-state index in [-0.39, 0.29) is 17.0 Å². The first-order chi connectivity index (χ1) is 5.65. The number of oxazole rings is 1. The second kappa shape index (κ2) is 3.85. The van der Waals surface area contributed by atoms with E-state index >= 15 is 0 Å². The Morgan fingerprint density at radius 2 is 2.42 bits per heavy atom. The monoisotopic (exact) mass is 231 g/mol. The van der Waals surface area contributed by atoms with Crippen molar-refractivity contribution >= 4 is 21.7 Å². The summed E-state index contributed by atoms with van der Waals surface area (Å²) < 4.78 is 5.10. The molecule has 3 nitrogen and oxygen atoms in total. The summed E-state index contributed by atoms with van der Waals surface area (Å²) >= 11 is 3.07. The molecule has 0 aliphatic carbocycles. The van der Waals surface area contributed by atoms with Crippen molar-refractivity contribution in [3.8, 4) is 0 Å². The number of Topliss-reactive ketones (excluding diaryl/α,β-unsaturated/α-hetero) is 1. The van der Waals surface area contributed by atoms with Crippen LogP contribution in [0.3, 0.4) is 0 Å². The Labute approximate surface area is 79.3 Å². The highest BCUT2D eigenvalue weighted by Crippen LogP contribution is 2.13. The third-order valence-corrected chi connectivity index (χ3v) is 1.93. The third-order valence-electron chi connectivity index (χ3n) is 1.42.